The van der Waals surface area contributed by atoms with Crippen LogP contribution >= 0.6 is 12.6 Å². The molecule has 2 amide bonds. The number of hydrogen-bond donors (Lipinski definition) is 3. The Morgan fingerprint density at radius 1 is 1.50 bits per heavy atom. The lowest BCUT2D eigenvalue weighted by Gasteiger charge is -2.13. The van der Waals surface area contributed by atoms with Crippen LogP contribution in [0.4, 0.5) is 0 Å². The van der Waals surface area contributed by atoms with E-state index in [1.807, 2.05) is 6.92 Å². The lowest BCUT2D eigenvalue weighted by atomic mass is 10.3. The summed E-state index contributed by atoms with van der Waals surface area (Å²) in [5, 5.41) is 5.09. The maximum atomic E-state index is 11.1. The second-order valence-electron chi connectivity index (χ2n) is 2.33. The molecule has 4 nitrogen and oxygen atoms in total. The number of carbonyl (C=O) groups is 2. The summed E-state index contributed by atoms with van der Waals surface area (Å²) in [5.41, 5.74) is 0. The van der Waals surface area contributed by atoms with Crippen molar-refractivity contribution >= 4 is 24.4 Å². The van der Waals surface area contributed by atoms with Gasteiger partial charge in [0.15, 0.2) is 0 Å². The molecular weight excluding hydrogens is 176 g/mol. The van der Waals surface area contributed by atoms with Crippen molar-refractivity contribution in [3.8, 4) is 0 Å². The predicted molar refractivity (Wildman–Crippen MR) is 50.1 cm³/mol. The minimum atomic E-state index is -0.522. The molecule has 0 rings (SSSR count). The molecule has 0 aromatic heterocycles. The summed E-state index contributed by atoms with van der Waals surface area (Å²) in [6, 6.07) is -0.522. The van der Waals surface area contributed by atoms with E-state index in [2.05, 4.69) is 23.3 Å². The van der Waals surface area contributed by atoms with E-state index in [0.717, 1.165) is 0 Å². The van der Waals surface area contributed by atoms with Crippen molar-refractivity contribution in [1.82, 2.24) is 10.6 Å². The molecule has 70 valence electrons. The molecule has 0 unspecified atom stereocenters. The van der Waals surface area contributed by atoms with Crippen molar-refractivity contribution < 1.29 is 9.59 Å². The zero-order chi connectivity index (χ0) is 9.56. The minimum Gasteiger partial charge on any atom is -0.355 e. The average Bonchev–Trinajstić information content (AvgIpc) is 2.00. The normalized spacial score (nSPS) is 11.9. The van der Waals surface area contributed by atoms with Crippen molar-refractivity contribution in [2.45, 2.75) is 19.9 Å². The number of likely N-dealkylation sites (N-methyl/N-ethyl adjacent to an activating group) is 1. The van der Waals surface area contributed by atoms with Gasteiger partial charge in [0.25, 0.3) is 0 Å². The van der Waals surface area contributed by atoms with Crippen LogP contribution in [-0.2, 0) is 9.59 Å². The average molecular weight is 190 g/mol. The van der Waals surface area contributed by atoms with Gasteiger partial charge in [-0.15, -0.1) is 0 Å². The molecule has 0 saturated carbocycles. The fourth-order valence-electron chi connectivity index (χ4n) is 0.737. The van der Waals surface area contributed by atoms with Gasteiger partial charge in [0.1, 0.15) is 6.04 Å². The first-order valence-electron chi connectivity index (χ1n) is 3.77. The van der Waals surface area contributed by atoms with Crippen LogP contribution in [0.3, 0.4) is 0 Å². The van der Waals surface area contributed by atoms with E-state index in [1.54, 1.807) is 0 Å². The van der Waals surface area contributed by atoms with Crippen molar-refractivity contribution in [1.29, 1.82) is 0 Å². The smallest absolute Gasteiger partial charge is 0.243 e. The molecule has 0 aliphatic rings. The number of rotatable bonds is 4. The second kappa shape index (κ2) is 5.88. The Labute approximate surface area is 77.5 Å². The van der Waals surface area contributed by atoms with Gasteiger partial charge in [-0.1, -0.05) is 0 Å². The first-order chi connectivity index (χ1) is 5.61. The summed E-state index contributed by atoms with van der Waals surface area (Å²) in [5.74, 6) is -0.103. The Morgan fingerprint density at radius 3 is 2.42 bits per heavy atom. The highest BCUT2D eigenvalue weighted by Gasteiger charge is 2.15. The summed E-state index contributed by atoms with van der Waals surface area (Å²) < 4.78 is 0. The largest absolute Gasteiger partial charge is 0.355 e. The molecule has 12 heavy (non-hydrogen) atoms. The molecule has 0 saturated heterocycles. The number of thiol groups is 1. The molecule has 0 aromatic carbocycles. The Hall–Kier alpha value is -0.710. The third kappa shape index (κ3) is 4.23. The molecule has 0 aliphatic heterocycles. The van der Waals surface area contributed by atoms with Gasteiger partial charge in [-0.05, 0) is 6.92 Å². The standard InChI is InChI=1S/C7H14N2O2S/c1-3-8-7(11)6(4-12)9-5(2)10/h6,12H,3-4H2,1-2H3,(H,8,11)(H,9,10)/t6-/m1/s1. The maximum absolute atomic E-state index is 11.1. The van der Waals surface area contributed by atoms with E-state index in [4.69, 9.17) is 0 Å². The van der Waals surface area contributed by atoms with Crippen LogP contribution in [0, 0.1) is 0 Å². The molecule has 0 radical (unpaired) electrons. The highest BCUT2D eigenvalue weighted by molar-refractivity contribution is 7.80. The van der Waals surface area contributed by atoms with Crippen molar-refractivity contribution in [2.24, 2.45) is 0 Å². The van der Waals surface area contributed by atoms with Gasteiger partial charge < -0.3 is 10.6 Å². The lowest BCUT2D eigenvalue weighted by Crippen LogP contribution is -2.47. The summed E-state index contributed by atoms with van der Waals surface area (Å²) in [4.78, 5) is 21.7. The topological polar surface area (TPSA) is 58.2 Å². The van der Waals surface area contributed by atoms with Crippen molar-refractivity contribution in [3.63, 3.8) is 0 Å². The van der Waals surface area contributed by atoms with E-state index in [-0.39, 0.29) is 11.8 Å². The quantitative estimate of drug-likeness (QED) is 0.526. The zero-order valence-corrected chi connectivity index (χ0v) is 8.15. The van der Waals surface area contributed by atoms with Gasteiger partial charge in [-0.25, -0.2) is 0 Å². The van der Waals surface area contributed by atoms with Crippen LogP contribution in [0.5, 0.6) is 0 Å². The first-order valence-corrected chi connectivity index (χ1v) is 4.40. The first kappa shape index (κ1) is 11.3. The van der Waals surface area contributed by atoms with Crippen LogP contribution < -0.4 is 10.6 Å². The van der Waals surface area contributed by atoms with E-state index in [9.17, 15) is 9.59 Å². The third-order valence-electron chi connectivity index (χ3n) is 1.23. The highest BCUT2D eigenvalue weighted by Crippen LogP contribution is 1.87. The van der Waals surface area contributed by atoms with E-state index in [1.165, 1.54) is 6.92 Å². The monoisotopic (exact) mass is 190 g/mol. The minimum absolute atomic E-state index is 0.192. The summed E-state index contributed by atoms with van der Waals surface area (Å²) >= 11 is 3.95. The van der Waals surface area contributed by atoms with Crippen LogP contribution in [0.25, 0.3) is 0 Å². The van der Waals surface area contributed by atoms with E-state index < -0.39 is 6.04 Å². The van der Waals surface area contributed by atoms with Crippen LogP contribution in [-0.4, -0.2) is 30.2 Å². The summed E-state index contributed by atoms with van der Waals surface area (Å²) in [6.07, 6.45) is 0. The summed E-state index contributed by atoms with van der Waals surface area (Å²) in [7, 11) is 0. The van der Waals surface area contributed by atoms with Gasteiger partial charge in [0, 0.05) is 19.2 Å². The molecule has 5 heteroatoms. The molecule has 0 heterocycles. The Bertz CT molecular complexity index is 173. The van der Waals surface area contributed by atoms with Gasteiger partial charge in [-0.3, -0.25) is 9.59 Å². The van der Waals surface area contributed by atoms with Gasteiger partial charge in [0.2, 0.25) is 11.8 Å². The summed E-state index contributed by atoms with van der Waals surface area (Å²) in [6.45, 7) is 3.75. The fraction of sp³-hybridized carbons (Fsp3) is 0.714. The molecule has 0 bridgehead atoms. The van der Waals surface area contributed by atoms with Gasteiger partial charge >= 0.3 is 0 Å². The Balaban J connectivity index is 3.96. The third-order valence-corrected chi connectivity index (χ3v) is 1.59. The lowest BCUT2D eigenvalue weighted by molar-refractivity contribution is -0.127. The SMILES string of the molecule is CCNC(=O)[C@@H](CS)NC(C)=O. The van der Waals surface area contributed by atoms with Gasteiger partial charge in [-0.2, -0.15) is 12.6 Å². The number of amides is 2. The van der Waals surface area contributed by atoms with E-state index in [0.29, 0.717) is 12.3 Å². The molecule has 2 N–H and O–H groups in total. The number of carbonyl (C=O) groups excluding carboxylic acids is 2. The molecule has 0 fully saturated rings. The zero-order valence-electron chi connectivity index (χ0n) is 7.26. The van der Waals surface area contributed by atoms with Crippen LogP contribution in [0.15, 0.2) is 0 Å². The van der Waals surface area contributed by atoms with Crippen molar-refractivity contribution in [3.05, 3.63) is 0 Å². The van der Waals surface area contributed by atoms with Crippen molar-refractivity contribution in [2.75, 3.05) is 12.3 Å². The highest BCUT2D eigenvalue weighted by atomic mass is 32.1. The number of nitrogens with one attached hydrogen (secondary N) is 2. The Kier molecular flexibility index (Phi) is 5.53. The molecule has 0 aliphatic carbocycles. The molecule has 0 spiro atoms. The molecular formula is C7H14N2O2S. The predicted octanol–water partition coefficient (Wildman–Crippen LogP) is -0.443. The van der Waals surface area contributed by atoms with E-state index >= 15 is 0 Å². The maximum Gasteiger partial charge on any atom is 0.243 e. The Morgan fingerprint density at radius 2 is 2.08 bits per heavy atom. The second-order valence-corrected chi connectivity index (χ2v) is 2.70. The van der Waals surface area contributed by atoms with Crippen LogP contribution in [0.2, 0.25) is 0 Å². The fourth-order valence-corrected chi connectivity index (χ4v) is 0.994. The van der Waals surface area contributed by atoms with Crippen LogP contribution in [0.1, 0.15) is 13.8 Å². The van der Waals surface area contributed by atoms with Gasteiger partial charge in [0.05, 0.1) is 0 Å². The number of hydrogen-bond acceptors (Lipinski definition) is 3. The molecule has 1 atom stereocenters. The molecule has 0 aromatic rings.